The lowest BCUT2D eigenvalue weighted by Gasteiger charge is -2.10. The maximum absolute atomic E-state index is 12.1. The molecule has 0 spiro atoms. The van der Waals surface area contributed by atoms with E-state index in [2.05, 4.69) is 16.0 Å². The number of aromatic nitrogens is 2. The van der Waals surface area contributed by atoms with E-state index >= 15 is 0 Å². The second kappa shape index (κ2) is 7.03. The van der Waals surface area contributed by atoms with Gasteiger partial charge in [0.2, 0.25) is 10.0 Å². The van der Waals surface area contributed by atoms with Gasteiger partial charge in [0.1, 0.15) is 6.54 Å². The van der Waals surface area contributed by atoms with Crippen molar-refractivity contribution in [3.63, 3.8) is 0 Å². The van der Waals surface area contributed by atoms with Crippen LogP contribution < -0.4 is 16.0 Å². The fourth-order valence-electron chi connectivity index (χ4n) is 2.26. The molecule has 1 aromatic carbocycles. The van der Waals surface area contributed by atoms with Crippen LogP contribution in [0.15, 0.2) is 29.2 Å². The lowest BCUT2D eigenvalue weighted by Crippen LogP contribution is -2.43. The van der Waals surface area contributed by atoms with Gasteiger partial charge in [0, 0.05) is 11.3 Å². The Morgan fingerprint density at radius 1 is 1.16 bits per heavy atom. The van der Waals surface area contributed by atoms with Crippen molar-refractivity contribution in [2.45, 2.75) is 32.2 Å². The summed E-state index contributed by atoms with van der Waals surface area (Å²) in [6, 6.07) is 5.89. The normalized spacial score (nSPS) is 11.2. The number of nitrogens with one attached hydrogen (secondary N) is 2. The maximum Gasteiger partial charge on any atom is 0.269 e. The first-order chi connectivity index (χ1) is 11.6. The highest BCUT2D eigenvalue weighted by molar-refractivity contribution is 7.89. The van der Waals surface area contributed by atoms with Crippen LogP contribution in [0.5, 0.6) is 0 Å². The fourth-order valence-corrected chi connectivity index (χ4v) is 3.07. The molecule has 134 valence electrons. The van der Waals surface area contributed by atoms with Gasteiger partial charge in [-0.05, 0) is 44.5 Å². The molecule has 0 aliphatic heterocycles. The molecule has 2 aromatic rings. The van der Waals surface area contributed by atoms with Gasteiger partial charge in [-0.15, -0.1) is 0 Å². The number of sulfonamides is 1. The van der Waals surface area contributed by atoms with Gasteiger partial charge in [-0.25, -0.2) is 13.6 Å². The van der Waals surface area contributed by atoms with Gasteiger partial charge < -0.3 is 0 Å². The van der Waals surface area contributed by atoms with Crippen molar-refractivity contribution in [3.8, 4) is 0 Å². The zero-order valence-electron chi connectivity index (χ0n) is 14.0. The third kappa shape index (κ3) is 4.64. The minimum atomic E-state index is -3.94. The van der Waals surface area contributed by atoms with Gasteiger partial charge in [0.05, 0.1) is 10.6 Å². The van der Waals surface area contributed by atoms with Crippen LogP contribution in [0.25, 0.3) is 0 Å². The highest BCUT2D eigenvalue weighted by atomic mass is 32.2. The molecule has 0 aliphatic rings. The van der Waals surface area contributed by atoms with Crippen LogP contribution in [-0.2, 0) is 21.4 Å². The summed E-state index contributed by atoms with van der Waals surface area (Å²) in [5, 5.41) is 9.26. The Labute approximate surface area is 145 Å². The van der Waals surface area contributed by atoms with Gasteiger partial charge in [-0.2, -0.15) is 5.10 Å². The number of carbonyl (C=O) groups is 2. The molecule has 0 fully saturated rings. The van der Waals surface area contributed by atoms with Crippen LogP contribution in [0.1, 0.15) is 27.3 Å². The first-order valence-corrected chi connectivity index (χ1v) is 8.86. The van der Waals surface area contributed by atoms with Gasteiger partial charge >= 0.3 is 0 Å². The van der Waals surface area contributed by atoms with E-state index in [0.29, 0.717) is 5.56 Å². The van der Waals surface area contributed by atoms with Crippen molar-refractivity contribution in [1.29, 1.82) is 0 Å². The largest absolute Gasteiger partial charge is 0.271 e. The molecule has 1 aromatic heterocycles. The van der Waals surface area contributed by atoms with E-state index in [1.807, 2.05) is 19.9 Å². The third-order valence-corrected chi connectivity index (χ3v) is 4.52. The molecule has 2 rings (SSSR count). The number of nitrogens with two attached hydrogens (primary N) is 1. The molecule has 1 heterocycles. The van der Waals surface area contributed by atoms with E-state index in [4.69, 9.17) is 5.14 Å². The molecule has 0 radical (unpaired) electrons. The molecular formula is C15H19N5O4S. The average Bonchev–Trinajstić information content (AvgIpc) is 2.81. The van der Waals surface area contributed by atoms with Crippen LogP contribution in [0, 0.1) is 20.8 Å². The van der Waals surface area contributed by atoms with E-state index in [0.717, 1.165) is 17.5 Å². The number of carbonyl (C=O) groups excluding carboxylic acids is 2. The Kier molecular flexibility index (Phi) is 5.24. The van der Waals surface area contributed by atoms with Crippen LogP contribution in [0.3, 0.4) is 0 Å². The number of nitrogens with zero attached hydrogens (tertiary/aromatic N) is 2. The van der Waals surface area contributed by atoms with E-state index in [1.54, 1.807) is 6.92 Å². The third-order valence-electron chi connectivity index (χ3n) is 3.47. The van der Waals surface area contributed by atoms with Gasteiger partial charge in [-0.1, -0.05) is 6.07 Å². The number of hydrogen-bond donors (Lipinski definition) is 3. The summed E-state index contributed by atoms with van der Waals surface area (Å²) in [7, 11) is -3.94. The predicted molar refractivity (Wildman–Crippen MR) is 89.9 cm³/mol. The zero-order valence-corrected chi connectivity index (χ0v) is 14.8. The summed E-state index contributed by atoms with van der Waals surface area (Å²) in [6.07, 6.45) is 0. The molecular weight excluding hydrogens is 346 g/mol. The first kappa shape index (κ1) is 18.6. The predicted octanol–water partition coefficient (Wildman–Crippen LogP) is -0.0830. The SMILES string of the molecule is Cc1cc(C)n(CC(=O)NNC(=O)c2ccc(C)c(S(N)(=O)=O)c2)n1. The van der Waals surface area contributed by atoms with Crippen LogP contribution in [0.2, 0.25) is 0 Å². The smallest absolute Gasteiger partial charge is 0.269 e. The van der Waals surface area contributed by atoms with Crippen LogP contribution >= 0.6 is 0 Å². The number of primary sulfonamides is 1. The van der Waals surface area contributed by atoms with E-state index in [-0.39, 0.29) is 17.0 Å². The summed E-state index contributed by atoms with van der Waals surface area (Å²) >= 11 is 0. The van der Waals surface area contributed by atoms with Crippen molar-refractivity contribution in [2.75, 3.05) is 0 Å². The number of rotatable bonds is 4. The zero-order chi connectivity index (χ0) is 18.8. The molecule has 9 nitrogen and oxygen atoms in total. The molecule has 0 saturated heterocycles. The molecule has 0 unspecified atom stereocenters. The lowest BCUT2D eigenvalue weighted by atomic mass is 10.1. The maximum atomic E-state index is 12.1. The van der Waals surface area contributed by atoms with Crippen molar-refractivity contribution in [3.05, 3.63) is 46.8 Å². The van der Waals surface area contributed by atoms with E-state index < -0.39 is 21.8 Å². The highest BCUT2D eigenvalue weighted by Gasteiger charge is 2.16. The quantitative estimate of drug-likeness (QED) is 0.651. The average molecular weight is 365 g/mol. The number of amides is 2. The Morgan fingerprint density at radius 3 is 2.40 bits per heavy atom. The van der Waals surface area contributed by atoms with Crippen molar-refractivity contribution < 1.29 is 18.0 Å². The molecule has 0 atom stereocenters. The second-order valence-electron chi connectivity index (χ2n) is 5.61. The summed E-state index contributed by atoms with van der Waals surface area (Å²) < 4.78 is 24.5. The molecule has 0 saturated carbocycles. The molecule has 2 amide bonds. The summed E-state index contributed by atoms with van der Waals surface area (Å²) in [5.41, 5.74) is 6.56. The Hall–Kier alpha value is -2.72. The fraction of sp³-hybridized carbons (Fsp3) is 0.267. The summed E-state index contributed by atoms with van der Waals surface area (Å²) in [5.74, 6) is -1.13. The van der Waals surface area contributed by atoms with Crippen LogP contribution in [-0.4, -0.2) is 30.0 Å². The van der Waals surface area contributed by atoms with Gasteiger partial charge in [0.15, 0.2) is 0 Å². The summed E-state index contributed by atoms with van der Waals surface area (Å²) in [6.45, 7) is 5.13. The standard InChI is InChI=1S/C15H19N5O4S/c1-9-4-5-12(7-13(9)25(16,23)24)15(22)18-17-14(21)8-20-11(3)6-10(2)19-20/h4-7H,8H2,1-3H3,(H,17,21)(H,18,22)(H2,16,23,24). The van der Waals surface area contributed by atoms with Crippen molar-refractivity contribution in [2.24, 2.45) is 5.14 Å². The van der Waals surface area contributed by atoms with Crippen molar-refractivity contribution in [1.82, 2.24) is 20.6 Å². The Balaban J connectivity index is 2.03. The number of aryl methyl sites for hydroxylation is 3. The van der Waals surface area contributed by atoms with Gasteiger partial charge in [-0.3, -0.25) is 25.1 Å². The van der Waals surface area contributed by atoms with Crippen molar-refractivity contribution >= 4 is 21.8 Å². The lowest BCUT2D eigenvalue weighted by molar-refractivity contribution is -0.122. The molecule has 4 N–H and O–H groups in total. The van der Waals surface area contributed by atoms with E-state index in [1.165, 1.54) is 16.8 Å². The van der Waals surface area contributed by atoms with Crippen LogP contribution in [0.4, 0.5) is 0 Å². The molecule has 10 heteroatoms. The minimum absolute atomic E-state index is 0.0565. The highest BCUT2D eigenvalue weighted by Crippen LogP contribution is 2.15. The van der Waals surface area contributed by atoms with E-state index in [9.17, 15) is 18.0 Å². The molecule has 0 aliphatic carbocycles. The first-order valence-electron chi connectivity index (χ1n) is 7.31. The monoisotopic (exact) mass is 365 g/mol. The second-order valence-corrected chi connectivity index (χ2v) is 7.14. The Bertz CT molecular complexity index is 933. The minimum Gasteiger partial charge on any atom is -0.271 e. The summed E-state index contributed by atoms with van der Waals surface area (Å²) in [4.78, 5) is 23.8. The van der Waals surface area contributed by atoms with Gasteiger partial charge in [0.25, 0.3) is 11.8 Å². The Morgan fingerprint density at radius 2 is 1.84 bits per heavy atom. The number of hydrogen-bond acceptors (Lipinski definition) is 5. The molecule has 25 heavy (non-hydrogen) atoms. The number of benzene rings is 1. The number of hydrazine groups is 1. The topological polar surface area (TPSA) is 136 Å². The molecule has 0 bridgehead atoms.